The highest BCUT2D eigenvalue weighted by Gasteiger charge is 2.22. The Bertz CT molecular complexity index is 1010. The number of amides is 1. The molecule has 27 heavy (non-hydrogen) atoms. The molecule has 0 unspecified atom stereocenters. The van der Waals surface area contributed by atoms with Crippen LogP contribution in [0.2, 0.25) is 0 Å². The topological polar surface area (TPSA) is 77.6 Å². The highest BCUT2D eigenvalue weighted by Crippen LogP contribution is 2.26. The lowest BCUT2D eigenvalue weighted by molar-refractivity contribution is -0.125. The number of hydrogen-bond donors (Lipinski definition) is 0. The number of fused-ring (bicyclic) bond motifs is 1. The van der Waals surface area contributed by atoms with E-state index in [-0.39, 0.29) is 12.0 Å². The summed E-state index contributed by atoms with van der Waals surface area (Å²) in [4.78, 5) is 18.2. The second-order valence-electron chi connectivity index (χ2n) is 6.60. The van der Waals surface area contributed by atoms with Gasteiger partial charge in [-0.1, -0.05) is 0 Å². The first kappa shape index (κ1) is 17.1. The highest BCUT2D eigenvalue weighted by molar-refractivity contribution is 5.92. The summed E-state index contributed by atoms with van der Waals surface area (Å²) in [5.41, 5.74) is 2.45. The summed E-state index contributed by atoms with van der Waals surface area (Å²) < 4.78 is 9.74. The molecule has 1 saturated heterocycles. The first-order chi connectivity index (χ1) is 13.1. The number of terminal acetylenes is 1. The van der Waals surface area contributed by atoms with Crippen LogP contribution in [0.3, 0.4) is 0 Å². The SMILES string of the molecule is C#CC(=O)N1CCC[C@@H](Oc2nc(-c3cnn(C)c3)cn3nccc23)CC1. The molecule has 3 aromatic rings. The molecule has 1 aliphatic rings. The Kier molecular flexibility index (Phi) is 4.50. The molecule has 0 bridgehead atoms. The molecule has 3 aromatic heterocycles. The number of carbonyl (C=O) groups excluding carboxylic acids is 1. The van der Waals surface area contributed by atoms with E-state index < -0.39 is 0 Å². The Labute approximate surface area is 156 Å². The average molecular weight is 364 g/mol. The lowest BCUT2D eigenvalue weighted by Crippen LogP contribution is -2.31. The fourth-order valence-electron chi connectivity index (χ4n) is 3.31. The van der Waals surface area contributed by atoms with Crippen molar-refractivity contribution < 1.29 is 9.53 Å². The average Bonchev–Trinajstić information content (AvgIpc) is 3.26. The molecule has 0 radical (unpaired) electrons. The maximum Gasteiger partial charge on any atom is 0.298 e. The molecule has 138 valence electrons. The third-order valence-electron chi connectivity index (χ3n) is 4.72. The summed E-state index contributed by atoms with van der Waals surface area (Å²) in [6, 6.07) is 1.88. The molecule has 0 spiro atoms. The van der Waals surface area contributed by atoms with Gasteiger partial charge in [0.1, 0.15) is 11.6 Å². The number of nitrogens with zero attached hydrogens (tertiary/aromatic N) is 6. The fraction of sp³-hybridized carbons (Fsp3) is 0.368. The normalized spacial score (nSPS) is 17.5. The molecule has 0 aromatic carbocycles. The number of carbonyl (C=O) groups is 1. The lowest BCUT2D eigenvalue weighted by atomic mass is 10.1. The van der Waals surface area contributed by atoms with Crippen LogP contribution < -0.4 is 4.74 Å². The molecule has 1 atom stereocenters. The minimum atomic E-state index is -0.259. The number of aromatic nitrogens is 5. The van der Waals surface area contributed by atoms with Crippen LogP contribution in [0, 0.1) is 12.3 Å². The Balaban J connectivity index is 1.59. The van der Waals surface area contributed by atoms with Crippen molar-refractivity contribution in [2.75, 3.05) is 13.1 Å². The summed E-state index contributed by atoms with van der Waals surface area (Å²) >= 11 is 0. The molecule has 0 N–H and O–H groups in total. The fourth-order valence-corrected chi connectivity index (χ4v) is 3.31. The molecule has 1 aliphatic heterocycles. The van der Waals surface area contributed by atoms with Gasteiger partial charge in [-0.15, -0.1) is 6.42 Å². The first-order valence-electron chi connectivity index (χ1n) is 8.89. The summed E-state index contributed by atoms with van der Waals surface area (Å²) in [6.45, 7) is 1.25. The quantitative estimate of drug-likeness (QED) is 0.659. The molecule has 4 heterocycles. The molecule has 1 fully saturated rings. The van der Waals surface area contributed by atoms with Gasteiger partial charge < -0.3 is 9.64 Å². The van der Waals surface area contributed by atoms with Crippen LogP contribution in [-0.4, -0.2) is 54.4 Å². The van der Waals surface area contributed by atoms with Gasteiger partial charge in [0, 0.05) is 38.3 Å². The van der Waals surface area contributed by atoms with Gasteiger partial charge in [-0.3, -0.25) is 9.48 Å². The van der Waals surface area contributed by atoms with E-state index in [1.165, 1.54) is 0 Å². The largest absolute Gasteiger partial charge is 0.473 e. The summed E-state index contributed by atoms with van der Waals surface area (Å²) in [6.07, 6.45) is 14.8. The van der Waals surface area contributed by atoms with Gasteiger partial charge in [0.2, 0.25) is 5.88 Å². The molecule has 4 rings (SSSR count). The Morgan fingerprint density at radius 2 is 2.19 bits per heavy atom. The number of ether oxygens (including phenoxy) is 1. The second kappa shape index (κ2) is 7.11. The second-order valence-corrected chi connectivity index (χ2v) is 6.60. The maximum atomic E-state index is 11.7. The van der Waals surface area contributed by atoms with Gasteiger partial charge >= 0.3 is 0 Å². The predicted octanol–water partition coefficient (Wildman–Crippen LogP) is 1.52. The number of rotatable bonds is 3. The van der Waals surface area contributed by atoms with E-state index in [4.69, 9.17) is 16.1 Å². The van der Waals surface area contributed by atoms with Crippen LogP contribution in [0.15, 0.2) is 30.9 Å². The Hall–Kier alpha value is -3.34. The minimum Gasteiger partial charge on any atom is -0.473 e. The van der Waals surface area contributed by atoms with Crippen LogP contribution in [0.25, 0.3) is 16.8 Å². The smallest absolute Gasteiger partial charge is 0.298 e. The van der Waals surface area contributed by atoms with Crippen LogP contribution in [0.5, 0.6) is 5.88 Å². The Morgan fingerprint density at radius 3 is 2.96 bits per heavy atom. The van der Waals surface area contributed by atoms with Crippen molar-refractivity contribution in [2.45, 2.75) is 25.4 Å². The molecule has 8 nitrogen and oxygen atoms in total. The summed E-state index contributed by atoms with van der Waals surface area (Å²) in [7, 11) is 1.86. The van der Waals surface area contributed by atoms with Crippen molar-refractivity contribution in [1.29, 1.82) is 0 Å². The minimum absolute atomic E-state index is 0.0316. The van der Waals surface area contributed by atoms with Crippen LogP contribution in [-0.2, 0) is 11.8 Å². The lowest BCUT2D eigenvalue weighted by Gasteiger charge is -2.18. The molecule has 8 heteroatoms. The third-order valence-corrected chi connectivity index (χ3v) is 4.72. The van der Waals surface area contributed by atoms with E-state index in [1.807, 2.05) is 25.5 Å². The highest BCUT2D eigenvalue weighted by atomic mass is 16.5. The zero-order chi connectivity index (χ0) is 18.8. The van der Waals surface area contributed by atoms with Crippen LogP contribution >= 0.6 is 0 Å². The van der Waals surface area contributed by atoms with Crippen molar-refractivity contribution in [3.8, 4) is 29.5 Å². The van der Waals surface area contributed by atoms with Gasteiger partial charge in [0.25, 0.3) is 5.91 Å². The van der Waals surface area contributed by atoms with Crippen molar-refractivity contribution in [3.05, 3.63) is 30.9 Å². The van der Waals surface area contributed by atoms with Crippen molar-refractivity contribution in [1.82, 2.24) is 29.3 Å². The van der Waals surface area contributed by atoms with E-state index in [0.717, 1.165) is 29.6 Å². The van der Waals surface area contributed by atoms with Crippen LogP contribution in [0.1, 0.15) is 19.3 Å². The molecular formula is C19H20N6O2. The summed E-state index contributed by atoms with van der Waals surface area (Å²) in [5.74, 6) is 2.47. The van der Waals surface area contributed by atoms with Gasteiger partial charge in [0.05, 0.1) is 24.3 Å². The molecular weight excluding hydrogens is 344 g/mol. The van der Waals surface area contributed by atoms with Gasteiger partial charge in [-0.05, 0) is 24.8 Å². The van der Waals surface area contributed by atoms with Gasteiger partial charge in [-0.25, -0.2) is 9.50 Å². The molecule has 0 saturated carbocycles. The molecule has 0 aliphatic carbocycles. The van der Waals surface area contributed by atoms with E-state index in [2.05, 4.69) is 16.1 Å². The van der Waals surface area contributed by atoms with Crippen molar-refractivity contribution >= 4 is 11.4 Å². The zero-order valence-electron chi connectivity index (χ0n) is 15.1. The first-order valence-corrected chi connectivity index (χ1v) is 8.89. The van der Waals surface area contributed by atoms with E-state index in [9.17, 15) is 4.79 Å². The maximum absolute atomic E-state index is 11.7. The number of likely N-dealkylation sites (tertiary alicyclic amines) is 1. The standard InChI is InChI=1S/C19H20N6O2/c1-3-18(26)24-9-4-5-15(7-10-24)27-19-17-6-8-20-25(17)13-16(22-19)14-11-21-23(2)12-14/h1,6,8,11-13,15H,4-5,7,9-10H2,2H3/t15-/m1/s1. The number of hydrogen-bond acceptors (Lipinski definition) is 5. The monoisotopic (exact) mass is 364 g/mol. The third kappa shape index (κ3) is 3.49. The molecule has 1 amide bonds. The van der Waals surface area contributed by atoms with Gasteiger partial charge in [-0.2, -0.15) is 10.2 Å². The summed E-state index contributed by atoms with van der Waals surface area (Å²) in [5, 5.41) is 8.53. The van der Waals surface area contributed by atoms with E-state index in [1.54, 1.807) is 26.5 Å². The van der Waals surface area contributed by atoms with Gasteiger partial charge in [0.15, 0.2) is 0 Å². The van der Waals surface area contributed by atoms with Crippen LogP contribution in [0.4, 0.5) is 0 Å². The van der Waals surface area contributed by atoms with E-state index in [0.29, 0.717) is 25.4 Å². The predicted molar refractivity (Wildman–Crippen MR) is 98.9 cm³/mol. The Morgan fingerprint density at radius 1 is 1.30 bits per heavy atom. The van der Waals surface area contributed by atoms with E-state index >= 15 is 0 Å². The van der Waals surface area contributed by atoms with Crippen molar-refractivity contribution in [2.24, 2.45) is 7.05 Å². The number of aryl methyl sites for hydroxylation is 1. The van der Waals surface area contributed by atoms with Crippen molar-refractivity contribution in [3.63, 3.8) is 0 Å². The zero-order valence-corrected chi connectivity index (χ0v) is 15.1.